The summed E-state index contributed by atoms with van der Waals surface area (Å²) in [6, 6.07) is 2.70. The molecular formula is C22H16F6N4O3. The van der Waals surface area contributed by atoms with E-state index >= 15 is 0 Å². The molecule has 0 unspecified atom stereocenters. The van der Waals surface area contributed by atoms with Gasteiger partial charge >= 0.3 is 12.1 Å². The molecule has 0 radical (unpaired) electrons. The van der Waals surface area contributed by atoms with E-state index in [4.69, 9.17) is 4.74 Å². The first-order valence-corrected chi connectivity index (χ1v) is 10.1. The molecule has 0 saturated carbocycles. The van der Waals surface area contributed by atoms with Crippen LogP contribution in [0.2, 0.25) is 0 Å². The molecule has 0 spiro atoms. The highest BCUT2D eigenvalue weighted by atomic mass is 19.4. The van der Waals surface area contributed by atoms with Gasteiger partial charge in [0.15, 0.2) is 5.60 Å². The predicted octanol–water partition coefficient (Wildman–Crippen LogP) is 3.70. The standard InChI is InChI=1S/C22H16F6N4O3/c1-12-21(9-31-11-29-10-30-31,16-5-3-14(23)7-18(16)25)35-19(33)8-32(12)20(34)15-4-2-13(6-17(15)24)22(26,27)28/h2-7,10-12H,8-9H2,1H3/t12-,21-/m0/s1. The van der Waals surface area contributed by atoms with Crippen LogP contribution in [0.1, 0.15) is 28.4 Å². The molecule has 0 aliphatic carbocycles. The van der Waals surface area contributed by atoms with Crippen LogP contribution in [0, 0.1) is 17.5 Å². The maximum atomic E-state index is 14.9. The molecule has 184 valence electrons. The van der Waals surface area contributed by atoms with Crippen molar-refractivity contribution in [3.05, 3.63) is 83.2 Å². The number of ether oxygens (including phenoxy) is 1. The number of aromatic nitrogens is 3. The van der Waals surface area contributed by atoms with Crippen LogP contribution in [0.3, 0.4) is 0 Å². The molecule has 0 bridgehead atoms. The highest BCUT2D eigenvalue weighted by Gasteiger charge is 2.52. The van der Waals surface area contributed by atoms with Crippen molar-refractivity contribution in [3.8, 4) is 0 Å². The number of carbonyl (C=O) groups excluding carboxylic acids is 2. The van der Waals surface area contributed by atoms with Crippen molar-refractivity contribution in [3.63, 3.8) is 0 Å². The number of esters is 1. The van der Waals surface area contributed by atoms with Crippen LogP contribution in [0.25, 0.3) is 0 Å². The van der Waals surface area contributed by atoms with Crippen LogP contribution in [0.15, 0.2) is 49.1 Å². The molecule has 1 amide bonds. The third-order valence-corrected chi connectivity index (χ3v) is 5.78. The number of alkyl halides is 3. The van der Waals surface area contributed by atoms with E-state index in [1.807, 2.05) is 0 Å². The zero-order chi connectivity index (χ0) is 25.5. The van der Waals surface area contributed by atoms with E-state index in [0.717, 1.165) is 23.4 Å². The summed E-state index contributed by atoms with van der Waals surface area (Å²) in [5.41, 5.74) is -4.28. The van der Waals surface area contributed by atoms with Gasteiger partial charge in [-0.2, -0.15) is 18.3 Å². The number of cyclic esters (lactones) is 1. The first kappa shape index (κ1) is 24.2. The lowest BCUT2D eigenvalue weighted by atomic mass is 9.83. The molecular weight excluding hydrogens is 482 g/mol. The van der Waals surface area contributed by atoms with Crippen molar-refractivity contribution < 1.29 is 40.7 Å². The number of halogens is 6. The van der Waals surface area contributed by atoms with E-state index < -0.39 is 64.8 Å². The van der Waals surface area contributed by atoms with Crippen molar-refractivity contribution in [1.29, 1.82) is 0 Å². The van der Waals surface area contributed by atoms with Gasteiger partial charge in [-0.05, 0) is 37.3 Å². The van der Waals surface area contributed by atoms with Gasteiger partial charge in [0, 0.05) is 11.6 Å². The molecule has 35 heavy (non-hydrogen) atoms. The Bertz CT molecular complexity index is 1280. The van der Waals surface area contributed by atoms with Gasteiger partial charge in [-0.25, -0.2) is 22.8 Å². The van der Waals surface area contributed by atoms with E-state index in [-0.39, 0.29) is 18.2 Å². The second-order valence-electron chi connectivity index (χ2n) is 7.88. The van der Waals surface area contributed by atoms with Crippen LogP contribution in [-0.2, 0) is 27.9 Å². The smallest absolute Gasteiger partial charge is 0.416 e. The molecule has 1 saturated heterocycles. The van der Waals surface area contributed by atoms with E-state index in [2.05, 4.69) is 10.1 Å². The quantitative estimate of drug-likeness (QED) is 0.405. The molecule has 7 nitrogen and oxygen atoms in total. The van der Waals surface area contributed by atoms with Crippen LogP contribution in [0.5, 0.6) is 0 Å². The first-order chi connectivity index (χ1) is 16.4. The Morgan fingerprint density at radius 1 is 1.14 bits per heavy atom. The molecule has 1 aliphatic heterocycles. The van der Waals surface area contributed by atoms with Gasteiger partial charge in [0.25, 0.3) is 5.91 Å². The summed E-state index contributed by atoms with van der Waals surface area (Å²) in [7, 11) is 0. The molecule has 1 aromatic heterocycles. The highest BCUT2D eigenvalue weighted by molar-refractivity contribution is 5.97. The van der Waals surface area contributed by atoms with Crippen LogP contribution >= 0.6 is 0 Å². The summed E-state index contributed by atoms with van der Waals surface area (Å²) in [5.74, 6) is -5.57. The summed E-state index contributed by atoms with van der Waals surface area (Å²) in [5, 5.41) is 3.91. The van der Waals surface area contributed by atoms with Gasteiger partial charge in [0.05, 0.1) is 23.7 Å². The predicted molar refractivity (Wildman–Crippen MR) is 106 cm³/mol. The lowest BCUT2D eigenvalue weighted by Crippen LogP contribution is -2.61. The van der Waals surface area contributed by atoms with E-state index in [1.54, 1.807) is 0 Å². The van der Waals surface area contributed by atoms with E-state index in [0.29, 0.717) is 18.2 Å². The lowest BCUT2D eigenvalue weighted by molar-refractivity contribution is -0.186. The normalized spacial score (nSPS) is 20.6. The maximum Gasteiger partial charge on any atom is 0.416 e. The number of benzene rings is 2. The third kappa shape index (κ3) is 4.45. The molecule has 3 aromatic rings. The topological polar surface area (TPSA) is 77.3 Å². The summed E-state index contributed by atoms with van der Waals surface area (Å²) >= 11 is 0. The van der Waals surface area contributed by atoms with E-state index in [9.17, 15) is 35.9 Å². The largest absolute Gasteiger partial charge is 0.449 e. The first-order valence-electron chi connectivity index (χ1n) is 10.1. The monoisotopic (exact) mass is 498 g/mol. The molecule has 2 aromatic carbocycles. The van der Waals surface area contributed by atoms with Crippen LogP contribution in [0.4, 0.5) is 26.3 Å². The fourth-order valence-corrected chi connectivity index (χ4v) is 4.03. The Balaban J connectivity index is 1.80. The summed E-state index contributed by atoms with van der Waals surface area (Å²) in [4.78, 5) is 30.5. The number of nitrogens with zero attached hydrogens (tertiary/aromatic N) is 4. The van der Waals surface area contributed by atoms with Crippen molar-refractivity contribution in [1.82, 2.24) is 19.7 Å². The van der Waals surface area contributed by atoms with Crippen molar-refractivity contribution in [2.45, 2.75) is 31.3 Å². The SMILES string of the molecule is C[C@@H]1N(C(=O)c2ccc(C(F)(F)F)cc2F)CC(=O)O[C@]1(Cn1cncn1)c1ccc(F)cc1F. The van der Waals surface area contributed by atoms with Gasteiger partial charge in [0.2, 0.25) is 0 Å². The van der Waals surface area contributed by atoms with Crippen LogP contribution < -0.4 is 0 Å². The molecule has 1 aliphatic rings. The number of amides is 1. The minimum atomic E-state index is -4.84. The average Bonchev–Trinajstić information content (AvgIpc) is 3.27. The minimum Gasteiger partial charge on any atom is -0.449 e. The van der Waals surface area contributed by atoms with Gasteiger partial charge in [-0.3, -0.25) is 9.59 Å². The van der Waals surface area contributed by atoms with Gasteiger partial charge in [0.1, 0.15) is 36.7 Å². The highest BCUT2D eigenvalue weighted by Crippen LogP contribution is 2.40. The Kier molecular flexibility index (Phi) is 6.03. The van der Waals surface area contributed by atoms with Gasteiger partial charge in [-0.1, -0.05) is 0 Å². The molecule has 0 N–H and O–H groups in total. The summed E-state index contributed by atoms with van der Waals surface area (Å²) in [6.45, 7) is 0.330. The number of rotatable bonds is 4. The average molecular weight is 498 g/mol. The Hall–Kier alpha value is -3.90. The number of carbonyl (C=O) groups is 2. The van der Waals surface area contributed by atoms with Crippen molar-refractivity contribution >= 4 is 11.9 Å². The Labute approximate surface area is 193 Å². The van der Waals surface area contributed by atoms with Crippen molar-refractivity contribution in [2.24, 2.45) is 0 Å². The number of hydrogen-bond acceptors (Lipinski definition) is 5. The maximum absolute atomic E-state index is 14.9. The molecule has 4 rings (SSSR count). The molecule has 2 heterocycles. The van der Waals surface area contributed by atoms with Gasteiger partial charge in [-0.15, -0.1) is 0 Å². The van der Waals surface area contributed by atoms with Crippen molar-refractivity contribution in [2.75, 3.05) is 6.54 Å². The molecule has 1 fully saturated rings. The number of hydrogen-bond donors (Lipinski definition) is 0. The lowest BCUT2D eigenvalue weighted by Gasteiger charge is -2.47. The molecule has 2 atom stereocenters. The third-order valence-electron chi connectivity index (χ3n) is 5.78. The van der Waals surface area contributed by atoms with Crippen LogP contribution in [-0.4, -0.2) is 44.1 Å². The summed E-state index contributed by atoms with van der Waals surface area (Å²) in [6.07, 6.45) is -2.44. The van der Waals surface area contributed by atoms with Gasteiger partial charge < -0.3 is 9.64 Å². The Morgan fingerprint density at radius 2 is 1.89 bits per heavy atom. The fraction of sp³-hybridized carbons (Fsp3) is 0.273. The second kappa shape index (κ2) is 8.71. The van der Waals surface area contributed by atoms with E-state index in [1.165, 1.54) is 17.9 Å². The summed E-state index contributed by atoms with van der Waals surface area (Å²) < 4.78 is 88.6. The fourth-order valence-electron chi connectivity index (χ4n) is 4.03. The zero-order valence-corrected chi connectivity index (χ0v) is 17.9. The zero-order valence-electron chi connectivity index (χ0n) is 17.9. The molecule has 13 heteroatoms. The number of morpholine rings is 1. The minimum absolute atomic E-state index is 0.169. The Morgan fingerprint density at radius 3 is 2.49 bits per heavy atom. The second-order valence-corrected chi connectivity index (χ2v) is 7.88.